The number of rotatable bonds is 3. The Balaban J connectivity index is 2.97. The summed E-state index contributed by atoms with van der Waals surface area (Å²) in [5, 5.41) is 0. The van der Waals surface area contributed by atoms with Crippen LogP contribution in [0.2, 0.25) is 0 Å². The van der Waals surface area contributed by atoms with Crippen LogP contribution in [0.15, 0.2) is 29.3 Å². The van der Waals surface area contributed by atoms with Crippen LogP contribution >= 0.6 is 0 Å². The highest BCUT2D eigenvalue weighted by Crippen LogP contribution is 2.14. The zero-order valence-electron chi connectivity index (χ0n) is 9.57. The van der Waals surface area contributed by atoms with Crippen LogP contribution < -0.4 is 16.2 Å². The highest BCUT2D eigenvalue weighted by molar-refractivity contribution is 5.95. The molecule has 0 aromatic heterocycles. The molecule has 0 aliphatic carbocycles. The predicted molar refractivity (Wildman–Crippen MR) is 64.7 cm³/mol. The van der Waals surface area contributed by atoms with Crippen LogP contribution in [-0.4, -0.2) is 19.0 Å². The van der Waals surface area contributed by atoms with Crippen molar-refractivity contribution in [3.05, 3.63) is 30.1 Å². The monoisotopic (exact) mass is 224 g/mol. The van der Waals surface area contributed by atoms with E-state index in [0.29, 0.717) is 19.0 Å². The molecule has 88 valence electrons. The van der Waals surface area contributed by atoms with Gasteiger partial charge in [-0.15, -0.1) is 0 Å². The molecule has 0 atom stereocenters. The van der Waals surface area contributed by atoms with Crippen molar-refractivity contribution >= 4 is 11.6 Å². The average molecular weight is 224 g/mol. The maximum Gasteiger partial charge on any atom is 0.212 e. The third-order valence-electron chi connectivity index (χ3n) is 2.15. The molecular formula is C11H17FN4. The Bertz CT molecular complexity index is 348. The summed E-state index contributed by atoms with van der Waals surface area (Å²) < 4.78 is 12.8. The maximum atomic E-state index is 12.8. The molecule has 0 radical (unpaired) electrons. The van der Waals surface area contributed by atoms with Gasteiger partial charge >= 0.3 is 0 Å². The molecule has 0 spiro atoms. The minimum Gasteiger partial charge on any atom is -0.312 e. The number of guanidine groups is 1. The van der Waals surface area contributed by atoms with Gasteiger partial charge in [0.1, 0.15) is 5.82 Å². The molecule has 4 nitrogen and oxygen atoms in total. The van der Waals surface area contributed by atoms with E-state index in [0.717, 1.165) is 5.69 Å². The van der Waals surface area contributed by atoms with E-state index in [1.165, 1.54) is 12.1 Å². The van der Waals surface area contributed by atoms with Crippen LogP contribution in [0.25, 0.3) is 0 Å². The molecule has 0 saturated carbocycles. The number of benzene rings is 1. The topological polar surface area (TPSA) is 53.6 Å². The normalized spacial score (nSPS) is 11.4. The average Bonchev–Trinajstić information content (AvgIpc) is 2.31. The molecule has 1 aromatic carbocycles. The molecule has 0 fully saturated rings. The highest BCUT2D eigenvalue weighted by Gasteiger charge is 2.09. The van der Waals surface area contributed by atoms with Gasteiger partial charge in [-0.1, -0.05) is 0 Å². The number of hydrogen-bond acceptors (Lipinski definition) is 2. The van der Waals surface area contributed by atoms with Crippen molar-refractivity contribution in [1.29, 1.82) is 0 Å². The van der Waals surface area contributed by atoms with Crippen LogP contribution in [0.4, 0.5) is 10.1 Å². The third kappa shape index (κ3) is 2.93. The lowest BCUT2D eigenvalue weighted by molar-refractivity contribution is 0.628. The molecular weight excluding hydrogens is 207 g/mol. The molecule has 0 heterocycles. The Hall–Kier alpha value is -1.62. The first-order valence-corrected chi connectivity index (χ1v) is 5.27. The number of nitrogens with two attached hydrogens (primary N) is 1. The molecule has 1 aromatic rings. The summed E-state index contributed by atoms with van der Waals surface area (Å²) in [6.07, 6.45) is 0. The van der Waals surface area contributed by atoms with E-state index < -0.39 is 0 Å². The van der Waals surface area contributed by atoms with Crippen molar-refractivity contribution in [2.45, 2.75) is 13.8 Å². The largest absolute Gasteiger partial charge is 0.312 e. The molecule has 1 rings (SSSR count). The summed E-state index contributed by atoms with van der Waals surface area (Å²) in [6.45, 7) is 5.24. The number of hydrazine groups is 1. The summed E-state index contributed by atoms with van der Waals surface area (Å²) >= 11 is 0. The lowest BCUT2D eigenvalue weighted by Gasteiger charge is -2.23. The van der Waals surface area contributed by atoms with Gasteiger partial charge in [0.15, 0.2) is 0 Å². The Morgan fingerprint density at radius 3 is 2.44 bits per heavy atom. The summed E-state index contributed by atoms with van der Waals surface area (Å²) in [5.74, 6) is 5.73. The molecule has 16 heavy (non-hydrogen) atoms. The number of nitrogens with zero attached hydrogens (tertiary/aromatic N) is 2. The minimum absolute atomic E-state index is 0.255. The van der Waals surface area contributed by atoms with E-state index in [-0.39, 0.29) is 5.82 Å². The first kappa shape index (κ1) is 12.4. The van der Waals surface area contributed by atoms with Gasteiger partial charge in [-0.05, 0) is 38.1 Å². The lowest BCUT2D eigenvalue weighted by atomic mass is 10.3. The van der Waals surface area contributed by atoms with Crippen LogP contribution in [0.3, 0.4) is 0 Å². The van der Waals surface area contributed by atoms with Crippen molar-refractivity contribution < 1.29 is 4.39 Å². The van der Waals surface area contributed by atoms with Crippen LogP contribution in [-0.2, 0) is 0 Å². The molecule has 0 amide bonds. The summed E-state index contributed by atoms with van der Waals surface area (Å²) in [7, 11) is 0. The van der Waals surface area contributed by atoms with Gasteiger partial charge in [0.2, 0.25) is 5.96 Å². The number of halogens is 1. The predicted octanol–water partition coefficient (Wildman–Crippen LogP) is 1.49. The van der Waals surface area contributed by atoms with Crippen molar-refractivity contribution in [2.24, 2.45) is 10.8 Å². The fourth-order valence-corrected chi connectivity index (χ4v) is 1.43. The van der Waals surface area contributed by atoms with Crippen LogP contribution in [0.1, 0.15) is 13.8 Å². The van der Waals surface area contributed by atoms with E-state index in [1.54, 1.807) is 12.1 Å². The highest BCUT2D eigenvalue weighted by atomic mass is 19.1. The van der Waals surface area contributed by atoms with E-state index >= 15 is 0 Å². The van der Waals surface area contributed by atoms with Gasteiger partial charge in [0, 0.05) is 18.8 Å². The quantitative estimate of drug-likeness (QED) is 0.354. The van der Waals surface area contributed by atoms with Gasteiger partial charge in [0.25, 0.3) is 0 Å². The Morgan fingerprint density at radius 1 is 1.38 bits per heavy atom. The summed E-state index contributed by atoms with van der Waals surface area (Å²) in [4.78, 5) is 6.10. The Morgan fingerprint density at radius 2 is 2.00 bits per heavy atom. The summed E-state index contributed by atoms with van der Waals surface area (Å²) in [5.41, 5.74) is 3.40. The van der Waals surface area contributed by atoms with Crippen molar-refractivity contribution in [1.82, 2.24) is 5.43 Å². The molecule has 5 heteroatoms. The molecule has 0 aliphatic heterocycles. The van der Waals surface area contributed by atoms with E-state index in [2.05, 4.69) is 10.4 Å². The zero-order chi connectivity index (χ0) is 12.0. The molecule has 0 saturated heterocycles. The SMILES string of the molecule is CCN=C(NN)N(CC)c1ccc(F)cc1. The van der Waals surface area contributed by atoms with Crippen molar-refractivity contribution in [3.8, 4) is 0 Å². The second-order valence-corrected chi connectivity index (χ2v) is 3.16. The summed E-state index contributed by atoms with van der Waals surface area (Å²) in [6, 6.07) is 6.22. The van der Waals surface area contributed by atoms with Gasteiger partial charge < -0.3 is 4.90 Å². The van der Waals surface area contributed by atoms with Crippen molar-refractivity contribution in [3.63, 3.8) is 0 Å². The van der Waals surface area contributed by atoms with E-state index in [4.69, 9.17) is 5.84 Å². The molecule has 0 unspecified atom stereocenters. The second kappa shape index (κ2) is 6.07. The van der Waals surface area contributed by atoms with Gasteiger partial charge in [-0.25, -0.2) is 10.2 Å². The number of aliphatic imine (C=N–C) groups is 1. The van der Waals surface area contributed by atoms with Crippen molar-refractivity contribution in [2.75, 3.05) is 18.0 Å². The van der Waals surface area contributed by atoms with E-state index in [9.17, 15) is 4.39 Å². The fourth-order valence-electron chi connectivity index (χ4n) is 1.43. The Labute approximate surface area is 94.9 Å². The Kier molecular flexibility index (Phi) is 4.72. The number of anilines is 1. The number of nitrogens with one attached hydrogen (secondary N) is 1. The maximum absolute atomic E-state index is 12.8. The second-order valence-electron chi connectivity index (χ2n) is 3.16. The van der Waals surface area contributed by atoms with Crippen LogP contribution in [0.5, 0.6) is 0 Å². The van der Waals surface area contributed by atoms with Crippen LogP contribution in [0, 0.1) is 5.82 Å². The molecule has 0 bridgehead atoms. The van der Waals surface area contributed by atoms with Gasteiger partial charge in [-0.3, -0.25) is 10.4 Å². The first-order valence-electron chi connectivity index (χ1n) is 5.27. The fraction of sp³-hybridized carbons (Fsp3) is 0.364. The smallest absolute Gasteiger partial charge is 0.212 e. The third-order valence-corrected chi connectivity index (χ3v) is 2.15. The number of hydrogen-bond donors (Lipinski definition) is 2. The molecule has 0 aliphatic rings. The zero-order valence-corrected chi connectivity index (χ0v) is 9.57. The minimum atomic E-state index is -0.255. The first-order chi connectivity index (χ1) is 7.72. The molecule has 3 N–H and O–H groups in total. The van der Waals surface area contributed by atoms with Gasteiger partial charge in [0.05, 0.1) is 0 Å². The lowest BCUT2D eigenvalue weighted by Crippen LogP contribution is -2.45. The van der Waals surface area contributed by atoms with Gasteiger partial charge in [-0.2, -0.15) is 0 Å². The standard InChI is InChI=1S/C11H17FN4/c1-3-14-11(15-13)16(4-2)10-7-5-9(12)6-8-10/h5-8H,3-4,13H2,1-2H3,(H,14,15). The van der Waals surface area contributed by atoms with E-state index in [1.807, 2.05) is 18.7 Å².